The fraction of sp³-hybridized carbons (Fsp3) is 0.333. The first-order valence-corrected chi connectivity index (χ1v) is 4.13. The largest absolute Gasteiger partial charge is 0.481 e. The minimum atomic E-state index is -0.902. The summed E-state index contributed by atoms with van der Waals surface area (Å²) >= 11 is 0. The van der Waals surface area contributed by atoms with Crippen LogP contribution in [-0.4, -0.2) is 29.2 Å². The lowest BCUT2D eigenvalue weighted by molar-refractivity contribution is -0.137. The number of carboxylic acids is 1. The van der Waals surface area contributed by atoms with Crippen molar-refractivity contribution in [3.8, 4) is 5.88 Å². The van der Waals surface area contributed by atoms with Crippen molar-refractivity contribution in [2.24, 2.45) is 0 Å². The van der Waals surface area contributed by atoms with Gasteiger partial charge in [0.2, 0.25) is 5.88 Å². The molecule has 1 aromatic rings. The Balaban J connectivity index is 2.64. The number of methoxy groups -OCH3 is 1. The molecule has 0 amide bonds. The van der Waals surface area contributed by atoms with Gasteiger partial charge in [0, 0.05) is 6.07 Å². The van der Waals surface area contributed by atoms with Crippen LogP contribution in [-0.2, 0) is 4.79 Å². The number of aliphatic carboxylic acids is 1. The highest BCUT2D eigenvalue weighted by molar-refractivity contribution is 5.76. The lowest BCUT2D eigenvalue weighted by Crippen LogP contribution is -2.25. The Morgan fingerprint density at radius 2 is 2.36 bits per heavy atom. The van der Waals surface area contributed by atoms with Gasteiger partial charge in [-0.1, -0.05) is 0 Å². The molecule has 5 heteroatoms. The zero-order valence-corrected chi connectivity index (χ0v) is 8.02. The molecule has 0 bridgehead atoms. The molecule has 0 aliphatic carbocycles. The summed E-state index contributed by atoms with van der Waals surface area (Å²) < 4.78 is 4.87. The molecule has 0 aromatic carbocycles. The van der Waals surface area contributed by atoms with E-state index in [0.717, 1.165) is 0 Å². The third-order valence-electron chi connectivity index (χ3n) is 1.70. The number of hydrogen-bond donors (Lipinski definition) is 2. The van der Waals surface area contributed by atoms with Crippen LogP contribution in [0.4, 0.5) is 5.69 Å². The second kappa shape index (κ2) is 4.45. The molecule has 1 rings (SSSR count). The number of anilines is 1. The highest BCUT2D eigenvalue weighted by Gasteiger charge is 2.09. The van der Waals surface area contributed by atoms with Crippen molar-refractivity contribution in [2.45, 2.75) is 13.0 Å². The highest BCUT2D eigenvalue weighted by atomic mass is 16.5. The van der Waals surface area contributed by atoms with E-state index in [-0.39, 0.29) is 0 Å². The van der Waals surface area contributed by atoms with E-state index in [1.807, 2.05) is 0 Å². The minimum absolute atomic E-state index is 0.499. The summed E-state index contributed by atoms with van der Waals surface area (Å²) in [6.07, 6.45) is 1.53. The molecule has 1 atom stereocenters. The van der Waals surface area contributed by atoms with E-state index >= 15 is 0 Å². The SMILES string of the molecule is COc1ccc(NC(C)C(=O)O)cn1. The van der Waals surface area contributed by atoms with Crippen molar-refractivity contribution in [2.75, 3.05) is 12.4 Å². The van der Waals surface area contributed by atoms with E-state index in [0.29, 0.717) is 11.6 Å². The Morgan fingerprint density at radius 1 is 1.64 bits per heavy atom. The summed E-state index contributed by atoms with van der Waals surface area (Å²) in [7, 11) is 1.52. The molecular weight excluding hydrogens is 184 g/mol. The lowest BCUT2D eigenvalue weighted by atomic mass is 10.3. The van der Waals surface area contributed by atoms with E-state index in [1.54, 1.807) is 19.1 Å². The fourth-order valence-corrected chi connectivity index (χ4v) is 0.898. The number of pyridine rings is 1. The summed E-state index contributed by atoms with van der Waals surface area (Å²) in [5.74, 6) is -0.403. The Bertz CT molecular complexity index is 310. The van der Waals surface area contributed by atoms with Crippen molar-refractivity contribution in [1.29, 1.82) is 0 Å². The predicted octanol–water partition coefficient (Wildman–Crippen LogP) is 0.975. The van der Waals surface area contributed by atoms with Gasteiger partial charge in [0.05, 0.1) is 19.0 Å². The maximum absolute atomic E-state index is 10.5. The average molecular weight is 196 g/mol. The first-order chi connectivity index (χ1) is 6.63. The van der Waals surface area contributed by atoms with Crippen molar-refractivity contribution in [1.82, 2.24) is 4.98 Å². The number of rotatable bonds is 4. The maximum atomic E-state index is 10.5. The Hall–Kier alpha value is -1.78. The van der Waals surface area contributed by atoms with Gasteiger partial charge < -0.3 is 15.2 Å². The maximum Gasteiger partial charge on any atom is 0.325 e. The van der Waals surface area contributed by atoms with Crippen LogP contribution in [0.1, 0.15) is 6.92 Å². The van der Waals surface area contributed by atoms with Crippen LogP contribution in [0.3, 0.4) is 0 Å². The van der Waals surface area contributed by atoms with Crippen molar-refractivity contribution in [3.63, 3.8) is 0 Å². The molecule has 1 aromatic heterocycles. The first-order valence-electron chi connectivity index (χ1n) is 4.13. The zero-order chi connectivity index (χ0) is 10.6. The van der Waals surface area contributed by atoms with Gasteiger partial charge in [-0.3, -0.25) is 4.79 Å². The summed E-state index contributed by atoms with van der Waals surface area (Å²) in [4.78, 5) is 14.5. The van der Waals surface area contributed by atoms with E-state index < -0.39 is 12.0 Å². The molecule has 1 unspecified atom stereocenters. The molecule has 0 aliphatic heterocycles. The van der Waals surface area contributed by atoms with Crippen LogP contribution in [0.15, 0.2) is 18.3 Å². The normalized spacial score (nSPS) is 11.9. The van der Waals surface area contributed by atoms with Crippen molar-refractivity contribution in [3.05, 3.63) is 18.3 Å². The van der Waals surface area contributed by atoms with Crippen LogP contribution in [0.2, 0.25) is 0 Å². The Kier molecular flexibility index (Phi) is 3.28. The number of aromatic nitrogens is 1. The number of carbonyl (C=O) groups is 1. The smallest absolute Gasteiger partial charge is 0.325 e. The summed E-state index contributed by atoms with van der Waals surface area (Å²) in [5.41, 5.74) is 0.653. The number of hydrogen-bond acceptors (Lipinski definition) is 4. The third-order valence-corrected chi connectivity index (χ3v) is 1.70. The molecule has 0 saturated heterocycles. The molecule has 0 spiro atoms. The van der Waals surface area contributed by atoms with Gasteiger partial charge in [0.1, 0.15) is 6.04 Å². The van der Waals surface area contributed by atoms with E-state index in [2.05, 4.69) is 10.3 Å². The van der Waals surface area contributed by atoms with Crippen LogP contribution >= 0.6 is 0 Å². The number of ether oxygens (including phenoxy) is 1. The van der Waals surface area contributed by atoms with E-state index in [9.17, 15) is 4.79 Å². The molecule has 1 heterocycles. The second-order valence-electron chi connectivity index (χ2n) is 2.79. The number of carboxylic acid groups (broad SMARTS) is 1. The standard InChI is InChI=1S/C9H12N2O3/c1-6(9(12)13)11-7-3-4-8(14-2)10-5-7/h3-6,11H,1-2H3,(H,12,13). The van der Waals surface area contributed by atoms with Gasteiger partial charge in [-0.05, 0) is 13.0 Å². The first kappa shape index (κ1) is 10.3. The molecule has 0 saturated carbocycles. The second-order valence-corrected chi connectivity index (χ2v) is 2.79. The van der Waals surface area contributed by atoms with Crippen LogP contribution in [0.25, 0.3) is 0 Å². The molecule has 2 N–H and O–H groups in total. The monoisotopic (exact) mass is 196 g/mol. The number of nitrogens with one attached hydrogen (secondary N) is 1. The Labute approximate surface area is 81.7 Å². The molecule has 0 fully saturated rings. The van der Waals surface area contributed by atoms with Crippen molar-refractivity contribution < 1.29 is 14.6 Å². The van der Waals surface area contributed by atoms with Gasteiger partial charge in [0.25, 0.3) is 0 Å². The molecular formula is C9H12N2O3. The number of nitrogens with zero attached hydrogens (tertiary/aromatic N) is 1. The highest BCUT2D eigenvalue weighted by Crippen LogP contribution is 2.11. The van der Waals surface area contributed by atoms with E-state index in [1.165, 1.54) is 13.3 Å². The lowest BCUT2D eigenvalue weighted by Gasteiger charge is -2.10. The molecule has 0 aliphatic rings. The van der Waals surface area contributed by atoms with Gasteiger partial charge in [0.15, 0.2) is 0 Å². The molecule has 5 nitrogen and oxygen atoms in total. The van der Waals surface area contributed by atoms with Gasteiger partial charge in [-0.2, -0.15) is 0 Å². The van der Waals surface area contributed by atoms with Crippen LogP contribution in [0, 0.1) is 0 Å². The quantitative estimate of drug-likeness (QED) is 0.750. The average Bonchev–Trinajstić information content (AvgIpc) is 2.19. The summed E-state index contributed by atoms with van der Waals surface area (Å²) in [6.45, 7) is 1.56. The van der Waals surface area contributed by atoms with Crippen LogP contribution < -0.4 is 10.1 Å². The molecule has 14 heavy (non-hydrogen) atoms. The molecule has 76 valence electrons. The van der Waals surface area contributed by atoms with Gasteiger partial charge >= 0.3 is 5.97 Å². The summed E-state index contributed by atoms with van der Waals surface area (Å²) in [5, 5.41) is 11.4. The van der Waals surface area contributed by atoms with Gasteiger partial charge in [-0.25, -0.2) is 4.98 Å². The topological polar surface area (TPSA) is 71.5 Å². The Morgan fingerprint density at radius 3 is 2.79 bits per heavy atom. The van der Waals surface area contributed by atoms with E-state index in [4.69, 9.17) is 9.84 Å². The zero-order valence-electron chi connectivity index (χ0n) is 8.02. The van der Waals surface area contributed by atoms with Crippen LogP contribution in [0.5, 0.6) is 5.88 Å². The summed E-state index contributed by atoms with van der Waals surface area (Å²) in [6, 6.07) is 2.74. The molecule has 0 radical (unpaired) electrons. The predicted molar refractivity (Wildman–Crippen MR) is 51.5 cm³/mol. The minimum Gasteiger partial charge on any atom is -0.481 e. The van der Waals surface area contributed by atoms with Gasteiger partial charge in [-0.15, -0.1) is 0 Å². The fourth-order valence-electron chi connectivity index (χ4n) is 0.898. The third kappa shape index (κ3) is 2.62. The van der Waals surface area contributed by atoms with Crippen molar-refractivity contribution >= 4 is 11.7 Å².